The van der Waals surface area contributed by atoms with Crippen molar-refractivity contribution in [3.05, 3.63) is 179 Å². The summed E-state index contributed by atoms with van der Waals surface area (Å²) in [4.78, 5) is 36.1. The Kier molecular flexibility index (Phi) is 12.6. The maximum atomic E-state index is 11.7. The number of fused-ring (bicyclic) bond motifs is 4. The Bertz CT molecular complexity index is 2840. The molecule has 0 saturated carbocycles. The summed E-state index contributed by atoms with van der Waals surface area (Å²) in [6.45, 7) is 2.12. The van der Waals surface area contributed by atoms with E-state index in [4.69, 9.17) is 9.47 Å². The van der Waals surface area contributed by atoms with Crippen LogP contribution in [0.5, 0.6) is 11.5 Å². The van der Waals surface area contributed by atoms with Gasteiger partial charge in [0.1, 0.15) is 23.6 Å². The highest BCUT2D eigenvalue weighted by molar-refractivity contribution is 5.89. The lowest BCUT2D eigenvalue weighted by atomic mass is 10.1. The van der Waals surface area contributed by atoms with Crippen LogP contribution >= 0.6 is 0 Å². The second-order valence-electron chi connectivity index (χ2n) is 14.2. The lowest BCUT2D eigenvalue weighted by molar-refractivity contribution is 0.311. The zero-order valence-corrected chi connectivity index (χ0v) is 32.8. The highest BCUT2D eigenvalue weighted by Gasteiger charge is 2.08. The number of benzene rings is 5. The molecule has 4 aromatic heterocycles. The van der Waals surface area contributed by atoms with Crippen LogP contribution in [0.2, 0.25) is 0 Å². The SMILES string of the molecule is O=c1[nH]cnc2cc(OCCCc3ccnc4ccccc34)ccc12.c1ccc(CCCNc2ncnc3cc(OCCCc4ccnc5ccccc45)ccc23)cc1. The minimum absolute atomic E-state index is 0.138. The first-order valence-corrected chi connectivity index (χ1v) is 20.1. The van der Waals surface area contributed by atoms with Crippen molar-refractivity contribution in [2.45, 2.75) is 38.5 Å². The maximum Gasteiger partial charge on any atom is 0.258 e. The van der Waals surface area contributed by atoms with E-state index >= 15 is 0 Å². The summed E-state index contributed by atoms with van der Waals surface area (Å²) >= 11 is 0. The molecule has 294 valence electrons. The predicted molar refractivity (Wildman–Crippen MR) is 236 cm³/mol. The summed E-state index contributed by atoms with van der Waals surface area (Å²) in [5.41, 5.74) is 7.40. The Morgan fingerprint density at radius 3 is 1.76 bits per heavy atom. The number of aromatic nitrogens is 6. The van der Waals surface area contributed by atoms with Gasteiger partial charge in [-0.05, 0) is 104 Å². The second kappa shape index (κ2) is 19.3. The van der Waals surface area contributed by atoms with Crippen LogP contribution in [0.25, 0.3) is 43.6 Å². The van der Waals surface area contributed by atoms with Crippen LogP contribution in [0.3, 0.4) is 0 Å². The van der Waals surface area contributed by atoms with E-state index in [2.05, 4.69) is 102 Å². The Labute approximate surface area is 342 Å². The van der Waals surface area contributed by atoms with Crippen LogP contribution in [0, 0.1) is 0 Å². The summed E-state index contributed by atoms with van der Waals surface area (Å²) in [5.74, 6) is 2.43. The van der Waals surface area contributed by atoms with Gasteiger partial charge in [-0.15, -0.1) is 0 Å². The van der Waals surface area contributed by atoms with Gasteiger partial charge in [0.2, 0.25) is 0 Å². The number of aryl methyl sites for hydroxylation is 3. The number of nitrogens with zero attached hydrogens (tertiary/aromatic N) is 5. The molecule has 0 aliphatic carbocycles. The van der Waals surface area contributed by atoms with E-state index in [1.165, 1.54) is 33.8 Å². The molecule has 0 aliphatic heterocycles. The fourth-order valence-electron chi connectivity index (χ4n) is 7.20. The van der Waals surface area contributed by atoms with Crippen molar-refractivity contribution in [2.24, 2.45) is 0 Å². The third kappa shape index (κ3) is 10.0. The van der Waals surface area contributed by atoms with Crippen molar-refractivity contribution < 1.29 is 9.47 Å². The van der Waals surface area contributed by atoms with Crippen molar-refractivity contribution in [1.29, 1.82) is 0 Å². The van der Waals surface area contributed by atoms with Gasteiger partial charge in [-0.25, -0.2) is 15.0 Å². The molecule has 0 atom stereocenters. The smallest absolute Gasteiger partial charge is 0.258 e. The van der Waals surface area contributed by atoms with Crippen molar-refractivity contribution in [3.8, 4) is 11.5 Å². The van der Waals surface area contributed by atoms with Crippen molar-refractivity contribution in [1.82, 2.24) is 29.9 Å². The van der Waals surface area contributed by atoms with Crippen LogP contribution in [0.15, 0.2) is 157 Å². The van der Waals surface area contributed by atoms with E-state index in [1.54, 1.807) is 24.5 Å². The minimum atomic E-state index is -0.138. The van der Waals surface area contributed by atoms with Crippen molar-refractivity contribution in [3.63, 3.8) is 0 Å². The van der Waals surface area contributed by atoms with E-state index in [1.807, 2.05) is 54.9 Å². The van der Waals surface area contributed by atoms with E-state index in [-0.39, 0.29) is 5.56 Å². The first-order chi connectivity index (χ1) is 29.2. The number of para-hydroxylation sites is 2. The summed E-state index contributed by atoms with van der Waals surface area (Å²) in [6, 6.07) is 42.5. The number of nitrogens with one attached hydrogen (secondary N) is 2. The average molecular weight is 780 g/mol. The van der Waals surface area contributed by atoms with Crippen LogP contribution in [0.1, 0.15) is 36.0 Å². The summed E-state index contributed by atoms with van der Waals surface area (Å²) < 4.78 is 11.9. The quantitative estimate of drug-likeness (QED) is 0.0978. The molecule has 2 N–H and O–H groups in total. The Morgan fingerprint density at radius 2 is 1.10 bits per heavy atom. The fraction of sp³-hybridized carbons (Fsp3) is 0.184. The molecule has 0 bridgehead atoms. The molecule has 0 unspecified atom stereocenters. The Balaban J connectivity index is 0.000000172. The van der Waals surface area contributed by atoms with Gasteiger partial charge < -0.3 is 19.8 Å². The highest BCUT2D eigenvalue weighted by atomic mass is 16.5. The van der Waals surface area contributed by atoms with Gasteiger partial charge in [0.15, 0.2) is 0 Å². The number of hydrogen-bond donors (Lipinski definition) is 2. The molecule has 5 aromatic carbocycles. The second-order valence-corrected chi connectivity index (χ2v) is 14.2. The summed E-state index contributed by atoms with van der Waals surface area (Å²) in [5, 5.41) is 7.46. The minimum Gasteiger partial charge on any atom is -0.494 e. The van der Waals surface area contributed by atoms with Gasteiger partial charge in [-0.1, -0.05) is 66.7 Å². The number of hydrogen-bond acceptors (Lipinski definition) is 9. The molecule has 0 saturated heterocycles. The van der Waals surface area contributed by atoms with Gasteiger partial charge in [0.25, 0.3) is 5.56 Å². The maximum absolute atomic E-state index is 11.7. The Morgan fingerprint density at radius 1 is 0.508 bits per heavy atom. The lowest BCUT2D eigenvalue weighted by Crippen LogP contribution is -2.06. The third-order valence-electron chi connectivity index (χ3n) is 10.2. The van der Waals surface area contributed by atoms with Crippen LogP contribution < -0.4 is 20.3 Å². The third-order valence-corrected chi connectivity index (χ3v) is 10.2. The molecule has 9 aromatic rings. The van der Waals surface area contributed by atoms with Gasteiger partial charge in [-0.2, -0.15) is 0 Å². The molecule has 10 nitrogen and oxygen atoms in total. The molecule has 10 heteroatoms. The zero-order chi connectivity index (χ0) is 40.1. The number of rotatable bonds is 15. The topological polar surface area (TPSA) is 128 Å². The van der Waals surface area contributed by atoms with Crippen molar-refractivity contribution >= 4 is 49.4 Å². The molecule has 0 fully saturated rings. The largest absolute Gasteiger partial charge is 0.494 e. The fourth-order valence-corrected chi connectivity index (χ4v) is 7.20. The molecular formula is C49H45N7O3. The molecule has 0 radical (unpaired) electrons. The van der Waals surface area contributed by atoms with Crippen LogP contribution in [-0.2, 0) is 19.3 Å². The molecular weight excluding hydrogens is 735 g/mol. The van der Waals surface area contributed by atoms with E-state index in [9.17, 15) is 4.79 Å². The lowest BCUT2D eigenvalue weighted by Gasteiger charge is -2.11. The van der Waals surface area contributed by atoms with E-state index in [0.29, 0.717) is 24.1 Å². The monoisotopic (exact) mass is 779 g/mol. The molecule has 4 heterocycles. The van der Waals surface area contributed by atoms with Gasteiger partial charge in [0.05, 0.1) is 47.0 Å². The van der Waals surface area contributed by atoms with Gasteiger partial charge >= 0.3 is 0 Å². The molecule has 59 heavy (non-hydrogen) atoms. The zero-order valence-electron chi connectivity index (χ0n) is 32.8. The summed E-state index contributed by atoms with van der Waals surface area (Å²) in [7, 11) is 0. The van der Waals surface area contributed by atoms with Crippen LogP contribution in [-0.4, -0.2) is 49.7 Å². The number of aromatic amines is 1. The number of pyridine rings is 2. The highest BCUT2D eigenvalue weighted by Crippen LogP contribution is 2.25. The average Bonchev–Trinajstić information content (AvgIpc) is 3.29. The molecule has 9 rings (SSSR count). The van der Waals surface area contributed by atoms with E-state index in [0.717, 1.165) is 84.3 Å². The number of anilines is 1. The molecule has 0 amide bonds. The first-order valence-electron chi connectivity index (χ1n) is 20.1. The normalized spacial score (nSPS) is 11.1. The number of H-pyrrole nitrogens is 1. The molecule has 0 aliphatic rings. The summed E-state index contributed by atoms with van der Waals surface area (Å²) in [6.07, 6.45) is 12.6. The Hall–Kier alpha value is -7.20. The predicted octanol–water partition coefficient (Wildman–Crippen LogP) is 9.72. The molecule has 0 spiro atoms. The van der Waals surface area contributed by atoms with Crippen molar-refractivity contribution in [2.75, 3.05) is 25.1 Å². The van der Waals surface area contributed by atoms with Gasteiger partial charge in [-0.3, -0.25) is 14.8 Å². The first kappa shape index (κ1) is 38.7. The van der Waals surface area contributed by atoms with Gasteiger partial charge in [0, 0.05) is 47.2 Å². The van der Waals surface area contributed by atoms with E-state index < -0.39 is 0 Å². The standard InChI is InChI=1S/C29H28N4O.C20H17N3O2/c1-2-8-22(9-3-1)10-6-17-31-29-26-15-14-24(20-28(26)32-21-33-29)34-19-7-11-23-16-18-30-27-13-5-4-12-25(23)27;24-20-17-8-7-15(12-19(17)22-13-23-20)25-11-3-4-14-9-10-21-18-6-2-1-5-16(14)18/h1-5,8-9,12-16,18,20-21H,6-7,10-11,17,19H2,(H,31,32,33);1-2,5-10,12-13H,3-4,11H2,(H,22,23,24). The van der Waals surface area contributed by atoms with Crippen LogP contribution in [0.4, 0.5) is 5.82 Å². The number of ether oxygens (including phenoxy) is 2.